The number of nitrogens with one attached hydrogen (secondary N) is 1. The molecule has 0 radical (unpaired) electrons. The van der Waals surface area contributed by atoms with E-state index in [-0.39, 0.29) is 28.9 Å². The molecular formula is C11H14N4O5. The van der Waals surface area contributed by atoms with Gasteiger partial charge in [-0.2, -0.15) is 0 Å². The van der Waals surface area contributed by atoms with Gasteiger partial charge in [-0.05, 0) is 0 Å². The van der Waals surface area contributed by atoms with E-state index >= 15 is 0 Å². The number of aromatic nitrogens is 1. The van der Waals surface area contributed by atoms with Crippen molar-refractivity contribution in [2.45, 2.75) is 6.04 Å². The van der Waals surface area contributed by atoms with Gasteiger partial charge < -0.3 is 20.1 Å². The number of hydrogen-bond acceptors (Lipinski definition) is 7. The van der Waals surface area contributed by atoms with Crippen LogP contribution in [0.5, 0.6) is 0 Å². The highest BCUT2D eigenvalue weighted by Crippen LogP contribution is 2.30. The Morgan fingerprint density at radius 1 is 1.65 bits per heavy atom. The van der Waals surface area contributed by atoms with E-state index in [2.05, 4.69) is 10.3 Å². The van der Waals surface area contributed by atoms with E-state index in [4.69, 9.17) is 4.74 Å². The first kappa shape index (κ1) is 14.0. The van der Waals surface area contributed by atoms with E-state index in [9.17, 15) is 20.0 Å². The number of hydrogen-bond donors (Lipinski definition) is 2. The lowest BCUT2D eigenvalue weighted by molar-refractivity contribution is -0.384. The summed E-state index contributed by atoms with van der Waals surface area (Å²) in [5.41, 5.74) is -0.572. The van der Waals surface area contributed by atoms with Crippen LogP contribution in [0.2, 0.25) is 0 Å². The topological polar surface area (TPSA) is 118 Å². The summed E-state index contributed by atoms with van der Waals surface area (Å²) in [6.07, 6.45) is 0. The van der Waals surface area contributed by atoms with Crippen LogP contribution >= 0.6 is 0 Å². The molecule has 9 heteroatoms. The third-order valence-corrected chi connectivity index (χ3v) is 3.15. The van der Waals surface area contributed by atoms with Crippen LogP contribution in [-0.2, 0) is 4.74 Å². The fourth-order valence-electron chi connectivity index (χ4n) is 1.86. The smallest absolute Gasteiger partial charge is 0.339 e. The number of nitrogens with zero attached hydrogens (tertiary/aromatic N) is 3. The Hall–Kier alpha value is -2.42. The molecule has 20 heavy (non-hydrogen) atoms. The molecule has 2 N–H and O–H groups in total. The monoisotopic (exact) mass is 282 g/mol. The minimum absolute atomic E-state index is 0.0202. The molecule has 1 aromatic heterocycles. The zero-order chi connectivity index (χ0) is 14.9. The number of carboxylic acids is 1. The number of carbonyl (C=O) groups is 1. The molecule has 0 amide bonds. The fourth-order valence-corrected chi connectivity index (χ4v) is 1.86. The molecule has 108 valence electrons. The van der Waals surface area contributed by atoms with E-state index in [1.807, 2.05) is 0 Å². The summed E-state index contributed by atoms with van der Waals surface area (Å²) in [7, 11) is 3.18. The SMILES string of the molecule is CNc1nc(N(C)C2COC2)c(C(=O)O)cc1[N+](=O)[O-]. The normalized spacial score (nSPS) is 14.5. The quantitative estimate of drug-likeness (QED) is 0.594. The second kappa shape index (κ2) is 5.29. The first-order valence-corrected chi connectivity index (χ1v) is 5.86. The predicted molar refractivity (Wildman–Crippen MR) is 70.4 cm³/mol. The number of rotatable bonds is 5. The number of pyridine rings is 1. The average molecular weight is 282 g/mol. The molecule has 1 aromatic rings. The van der Waals surface area contributed by atoms with Gasteiger partial charge in [0, 0.05) is 20.2 Å². The van der Waals surface area contributed by atoms with Crippen molar-refractivity contribution in [3.8, 4) is 0 Å². The van der Waals surface area contributed by atoms with Gasteiger partial charge in [0.1, 0.15) is 11.4 Å². The lowest BCUT2D eigenvalue weighted by Gasteiger charge is -2.35. The maximum Gasteiger partial charge on any atom is 0.339 e. The van der Waals surface area contributed by atoms with Gasteiger partial charge in [-0.15, -0.1) is 0 Å². The van der Waals surface area contributed by atoms with Crippen LogP contribution in [0.4, 0.5) is 17.3 Å². The van der Waals surface area contributed by atoms with Crippen LogP contribution in [0.25, 0.3) is 0 Å². The van der Waals surface area contributed by atoms with Gasteiger partial charge in [-0.25, -0.2) is 9.78 Å². The van der Waals surface area contributed by atoms with Crippen molar-refractivity contribution in [1.82, 2.24) is 4.98 Å². The van der Waals surface area contributed by atoms with Gasteiger partial charge >= 0.3 is 11.7 Å². The summed E-state index contributed by atoms with van der Waals surface area (Å²) in [5.74, 6) is -1.05. The Kier molecular flexibility index (Phi) is 3.70. The molecule has 1 aliphatic rings. The van der Waals surface area contributed by atoms with Crippen LogP contribution in [0.1, 0.15) is 10.4 Å². The highest BCUT2D eigenvalue weighted by molar-refractivity contribution is 5.95. The summed E-state index contributed by atoms with van der Waals surface area (Å²) in [6.45, 7) is 0.951. The van der Waals surface area contributed by atoms with Crippen molar-refractivity contribution in [3.63, 3.8) is 0 Å². The van der Waals surface area contributed by atoms with Crippen LogP contribution in [-0.4, -0.2) is 54.3 Å². The lowest BCUT2D eigenvalue weighted by atomic mass is 10.1. The Morgan fingerprint density at radius 3 is 2.70 bits per heavy atom. The number of likely N-dealkylation sites (N-methyl/N-ethyl adjacent to an activating group) is 1. The zero-order valence-corrected chi connectivity index (χ0v) is 11.0. The number of nitro groups is 1. The minimum Gasteiger partial charge on any atom is -0.478 e. The Bertz CT molecular complexity index is 558. The van der Waals surface area contributed by atoms with Gasteiger partial charge in [-0.3, -0.25) is 10.1 Å². The van der Waals surface area contributed by atoms with Crippen molar-refractivity contribution >= 4 is 23.3 Å². The zero-order valence-electron chi connectivity index (χ0n) is 11.0. The minimum atomic E-state index is -1.26. The molecule has 0 saturated carbocycles. The maximum atomic E-state index is 11.3. The molecule has 1 fully saturated rings. The van der Waals surface area contributed by atoms with E-state index < -0.39 is 10.9 Å². The summed E-state index contributed by atoms with van der Waals surface area (Å²) < 4.78 is 5.06. The number of carboxylic acid groups (broad SMARTS) is 1. The fraction of sp³-hybridized carbons (Fsp3) is 0.455. The molecule has 0 aliphatic carbocycles. The summed E-state index contributed by atoms with van der Waals surface area (Å²) in [4.78, 5) is 27.3. The Balaban J connectivity index is 2.53. The lowest BCUT2D eigenvalue weighted by Crippen LogP contribution is -2.48. The molecule has 9 nitrogen and oxygen atoms in total. The number of anilines is 2. The second-order valence-corrected chi connectivity index (χ2v) is 4.34. The first-order valence-electron chi connectivity index (χ1n) is 5.86. The van der Waals surface area contributed by atoms with E-state index in [0.29, 0.717) is 13.2 Å². The van der Waals surface area contributed by atoms with Crippen molar-refractivity contribution < 1.29 is 19.6 Å². The third-order valence-electron chi connectivity index (χ3n) is 3.15. The van der Waals surface area contributed by atoms with Crippen molar-refractivity contribution in [1.29, 1.82) is 0 Å². The summed E-state index contributed by atoms with van der Waals surface area (Å²) >= 11 is 0. The van der Waals surface area contributed by atoms with E-state index in [1.165, 1.54) is 7.05 Å². The van der Waals surface area contributed by atoms with Crippen LogP contribution < -0.4 is 10.2 Å². The Labute approximate surface area is 114 Å². The number of aromatic carboxylic acids is 1. The van der Waals surface area contributed by atoms with Crippen LogP contribution in [0.15, 0.2) is 6.07 Å². The van der Waals surface area contributed by atoms with E-state index in [1.54, 1.807) is 11.9 Å². The van der Waals surface area contributed by atoms with Gasteiger partial charge in [0.05, 0.1) is 24.2 Å². The van der Waals surface area contributed by atoms with Gasteiger partial charge in [0.2, 0.25) is 5.82 Å². The van der Waals surface area contributed by atoms with E-state index in [0.717, 1.165) is 6.07 Å². The standard InChI is InChI=1S/C11H14N4O5/c1-12-9-8(15(18)19)3-7(11(16)17)10(13-9)14(2)6-4-20-5-6/h3,6H,4-5H2,1-2H3,(H,12,13)(H,16,17). The average Bonchev–Trinajstić information content (AvgIpc) is 2.34. The van der Waals surface area contributed by atoms with Crippen molar-refractivity contribution in [2.24, 2.45) is 0 Å². The largest absolute Gasteiger partial charge is 0.478 e. The molecule has 1 aliphatic heterocycles. The van der Waals surface area contributed by atoms with Crippen LogP contribution in [0.3, 0.4) is 0 Å². The molecule has 2 rings (SSSR count). The van der Waals surface area contributed by atoms with Crippen molar-refractivity contribution in [2.75, 3.05) is 37.5 Å². The highest BCUT2D eigenvalue weighted by Gasteiger charge is 2.30. The maximum absolute atomic E-state index is 11.3. The molecule has 0 spiro atoms. The van der Waals surface area contributed by atoms with Gasteiger partial charge in [0.15, 0.2) is 0 Å². The molecule has 0 unspecified atom stereocenters. The van der Waals surface area contributed by atoms with Crippen LogP contribution in [0, 0.1) is 10.1 Å². The molecule has 0 aromatic carbocycles. The molecule has 2 heterocycles. The summed E-state index contributed by atoms with van der Waals surface area (Å²) in [5, 5.41) is 22.8. The second-order valence-electron chi connectivity index (χ2n) is 4.34. The first-order chi connectivity index (χ1) is 9.45. The predicted octanol–water partition coefficient (Wildman–Crippen LogP) is 0.565. The summed E-state index contributed by atoms with van der Waals surface area (Å²) in [6, 6.07) is 1.04. The third kappa shape index (κ3) is 2.35. The van der Waals surface area contributed by atoms with Gasteiger partial charge in [0.25, 0.3) is 0 Å². The van der Waals surface area contributed by atoms with Crippen molar-refractivity contribution in [3.05, 3.63) is 21.7 Å². The molecular weight excluding hydrogens is 268 g/mol. The molecule has 0 bridgehead atoms. The molecule has 0 atom stereocenters. The number of ether oxygens (including phenoxy) is 1. The highest BCUT2D eigenvalue weighted by atomic mass is 16.6. The van der Waals surface area contributed by atoms with Gasteiger partial charge in [-0.1, -0.05) is 0 Å². The Morgan fingerprint density at radius 2 is 2.30 bits per heavy atom. The molecule has 1 saturated heterocycles.